The lowest BCUT2D eigenvalue weighted by molar-refractivity contribution is -0.119. The summed E-state index contributed by atoms with van der Waals surface area (Å²) >= 11 is 0. The van der Waals surface area contributed by atoms with Crippen LogP contribution in [0.4, 0.5) is 5.69 Å². The van der Waals surface area contributed by atoms with Gasteiger partial charge in [0.15, 0.2) is 6.61 Å². The Morgan fingerprint density at radius 2 is 1.92 bits per heavy atom. The SMILES string of the molecule is Cc1ccc(NC(=O)COC(=O)c2cnc3ncnn3c2C(C)C)cc1. The van der Waals surface area contributed by atoms with Crippen LogP contribution in [0.5, 0.6) is 0 Å². The Kier molecular flexibility index (Phi) is 4.92. The van der Waals surface area contributed by atoms with Crippen LogP contribution in [0.15, 0.2) is 36.8 Å². The van der Waals surface area contributed by atoms with Crippen molar-refractivity contribution in [3.05, 3.63) is 53.6 Å². The van der Waals surface area contributed by atoms with Crippen LogP contribution in [0, 0.1) is 6.92 Å². The maximum absolute atomic E-state index is 12.4. The molecule has 0 saturated heterocycles. The number of ether oxygens (including phenoxy) is 1. The lowest BCUT2D eigenvalue weighted by Gasteiger charge is -2.13. The molecule has 0 saturated carbocycles. The molecule has 0 unspecified atom stereocenters. The predicted molar refractivity (Wildman–Crippen MR) is 95.0 cm³/mol. The molecule has 2 aromatic heterocycles. The molecule has 0 radical (unpaired) electrons. The minimum atomic E-state index is -0.627. The summed E-state index contributed by atoms with van der Waals surface area (Å²) in [6.07, 6.45) is 2.78. The van der Waals surface area contributed by atoms with Crippen LogP contribution >= 0.6 is 0 Å². The minimum absolute atomic E-state index is 0.00821. The largest absolute Gasteiger partial charge is 0.452 e. The first-order valence-corrected chi connectivity index (χ1v) is 8.18. The van der Waals surface area contributed by atoms with Gasteiger partial charge in [-0.15, -0.1) is 0 Å². The summed E-state index contributed by atoms with van der Waals surface area (Å²) in [7, 11) is 0. The number of amides is 1. The topological polar surface area (TPSA) is 98.5 Å². The highest BCUT2D eigenvalue weighted by atomic mass is 16.5. The molecule has 0 atom stereocenters. The van der Waals surface area contributed by atoms with Gasteiger partial charge >= 0.3 is 5.97 Å². The number of nitrogens with one attached hydrogen (secondary N) is 1. The maximum Gasteiger partial charge on any atom is 0.342 e. The second kappa shape index (κ2) is 7.30. The van der Waals surface area contributed by atoms with E-state index in [0.29, 0.717) is 17.2 Å². The monoisotopic (exact) mass is 353 g/mol. The summed E-state index contributed by atoms with van der Waals surface area (Å²) in [6, 6.07) is 7.34. The van der Waals surface area contributed by atoms with E-state index in [4.69, 9.17) is 4.74 Å². The Hall–Kier alpha value is -3.29. The van der Waals surface area contributed by atoms with E-state index in [9.17, 15) is 9.59 Å². The number of hydrogen-bond donors (Lipinski definition) is 1. The molecule has 0 aliphatic rings. The summed E-state index contributed by atoms with van der Waals surface area (Å²) in [6.45, 7) is 5.42. The summed E-state index contributed by atoms with van der Waals surface area (Å²) in [5.74, 6) is -0.644. The zero-order valence-corrected chi connectivity index (χ0v) is 14.8. The van der Waals surface area contributed by atoms with E-state index < -0.39 is 11.9 Å². The van der Waals surface area contributed by atoms with Crippen molar-refractivity contribution >= 4 is 23.3 Å². The molecule has 0 aliphatic heterocycles. The van der Waals surface area contributed by atoms with Crippen LogP contribution in [0.25, 0.3) is 5.78 Å². The Morgan fingerprint density at radius 3 is 2.62 bits per heavy atom. The zero-order valence-electron chi connectivity index (χ0n) is 14.8. The smallest absolute Gasteiger partial charge is 0.342 e. The maximum atomic E-state index is 12.4. The average Bonchev–Trinajstić information content (AvgIpc) is 3.09. The van der Waals surface area contributed by atoms with Gasteiger partial charge in [-0.05, 0) is 25.0 Å². The van der Waals surface area contributed by atoms with Crippen LogP contribution in [-0.4, -0.2) is 38.1 Å². The van der Waals surface area contributed by atoms with Crippen molar-refractivity contribution in [3.63, 3.8) is 0 Å². The van der Waals surface area contributed by atoms with E-state index in [0.717, 1.165) is 5.56 Å². The molecular formula is C18H19N5O3. The number of carbonyl (C=O) groups excluding carboxylic acids is 2. The Labute approximate surface area is 150 Å². The Morgan fingerprint density at radius 1 is 1.19 bits per heavy atom. The van der Waals surface area contributed by atoms with Crippen LogP contribution in [-0.2, 0) is 9.53 Å². The van der Waals surface area contributed by atoms with Crippen LogP contribution in [0.1, 0.15) is 41.4 Å². The fraction of sp³-hybridized carbons (Fsp3) is 0.278. The fourth-order valence-corrected chi connectivity index (χ4v) is 2.55. The Balaban J connectivity index is 1.70. The van der Waals surface area contributed by atoms with Crippen LogP contribution < -0.4 is 5.32 Å². The molecule has 0 spiro atoms. The van der Waals surface area contributed by atoms with Gasteiger partial charge in [-0.1, -0.05) is 31.5 Å². The number of carbonyl (C=O) groups is 2. The summed E-state index contributed by atoms with van der Waals surface area (Å²) in [4.78, 5) is 32.5. The number of rotatable bonds is 5. The van der Waals surface area contributed by atoms with E-state index in [-0.39, 0.29) is 18.1 Å². The van der Waals surface area contributed by atoms with Crippen molar-refractivity contribution in [2.75, 3.05) is 11.9 Å². The van der Waals surface area contributed by atoms with Gasteiger partial charge in [-0.2, -0.15) is 10.1 Å². The summed E-state index contributed by atoms with van der Waals surface area (Å²) in [5.41, 5.74) is 2.63. The third-order valence-corrected chi connectivity index (χ3v) is 3.78. The normalized spacial score (nSPS) is 10.9. The first-order chi connectivity index (χ1) is 12.5. The molecule has 134 valence electrons. The Bertz CT molecular complexity index is 947. The number of aromatic nitrogens is 4. The number of fused-ring (bicyclic) bond motifs is 1. The molecule has 2 heterocycles. The van der Waals surface area contributed by atoms with Gasteiger partial charge in [0.25, 0.3) is 11.7 Å². The highest BCUT2D eigenvalue weighted by Gasteiger charge is 2.21. The van der Waals surface area contributed by atoms with Gasteiger partial charge in [0.2, 0.25) is 0 Å². The number of esters is 1. The van der Waals surface area contributed by atoms with Crippen LogP contribution in [0.2, 0.25) is 0 Å². The molecule has 0 bridgehead atoms. The van der Waals surface area contributed by atoms with Gasteiger partial charge in [0.05, 0.1) is 11.3 Å². The van der Waals surface area contributed by atoms with Crippen molar-refractivity contribution in [1.29, 1.82) is 0 Å². The van der Waals surface area contributed by atoms with E-state index >= 15 is 0 Å². The first-order valence-electron chi connectivity index (χ1n) is 8.18. The molecule has 1 N–H and O–H groups in total. The molecule has 1 aromatic carbocycles. The van der Waals surface area contributed by atoms with E-state index in [2.05, 4.69) is 20.4 Å². The number of hydrogen-bond acceptors (Lipinski definition) is 6. The minimum Gasteiger partial charge on any atom is -0.452 e. The summed E-state index contributed by atoms with van der Waals surface area (Å²) < 4.78 is 6.66. The highest BCUT2D eigenvalue weighted by molar-refractivity contribution is 5.96. The van der Waals surface area contributed by atoms with Gasteiger partial charge < -0.3 is 10.1 Å². The van der Waals surface area contributed by atoms with Crippen molar-refractivity contribution in [2.24, 2.45) is 0 Å². The van der Waals surface area contributed by atoms with E-state index in [1.807, 2.05) is 32.9 Å². The molecule has 3 aromatic rings. The first kappa shape index (κ1) is 17.5. The van der Waals surface area contributed by atoms with Crippen molar-refractivity contribution in [2.45, 2.75) is 26.7 Å². The molecule has 1 amide bonds. The van der Waals surface area contributed by atoms with E-state index in [1.54, 1.807) is 12.1 Å². The van der Waals surface area contributed by atoms with Crippen molar-refractivity contribution < 1.29 is 14.3 Å². The molecule has 0 aliphatic carbocycles. The number of benzene rings is 1. The second-order valence-electron chi connectivity index (χ2n) is 6.17. The molecule has 0 fully saturated rings. The van der Waals surface area contributed by atoms with Gasteiger partial charge in [0, 0.05) is 11.9 Å². The van der Waals surface area contributed by atoms with Crippen molar-refractivity contribution in [1.82, 2.24) is 19.6 Å². The van der Waals surface area contributed by atoms with Crippen LogP contribution in [0.3, 0.4) is 0 Å². The molecule has 8 heteroatoms. The van der Waals surface area contributed by atoms with E-state index in [1.165, 1.54) is 17.0 Å². The lowest BCUT2D eigenvalue weighted by atomic mass is 10.1. The third kappa shape index (κ3) is 3.69. The molecule has 26 heavy (non-hydrogen) atoms. The van der Waals surface area contributed by atoms with Crippen molar-refractivity contribution in [3.8, 4) is 0 Å². The number of anilines is 1. The molecule has 3 rings (SSSR count). The third-order valence-electron chi connectivity index (χ3n) is 3.78. The average molecular weight is 353 g/mol. The summed E-state index contributed by atoms with van der Waals surface area (Å²) in [5, 5.41) is 6.78. The van der Waals surface area contributed by atoms with Gasteiger partial charge in [-0.25, -0.2) is 14.3 Å². The fourth-order valence-electron chi connectivity index (χ4n) is 2.55. The predicted octanol–water partition coefficient (Wildman–Crippen LogP) is 2.35. The second-order valence-corrected chi connectivity index (χ2v) is 6.17. The number of aryl methyl sites for hydroxylation is 1. The molecular weight excluding hydrogens is 334 g/mol. The zero-order chi connectivity index (χ0) is 18.7. The lowest BCUT2D eigenvalue weighted by Crippen LogP contribution is -2.22. The number of nitrogens with zero attached hydrogens (tertiary/aromatic N) is 4. The van der Waals surface area contributed by atoms with Gasteiger partial charge in [0.1, 0.15) is 6.33 Å². The molecule has 8 nitrogen and oxygen atoms in total. The highest BCUT2D eigenvalue weighted by Crippen LogP contribution is 2.20. The quantitative estimate of drug-likeness (QED) is 0.707. The standard InChI is InChI=1S/C18H19N5O3/c1-11(2)16-14(8-19-18-20-10-21-23(16)18)17(25)26-9-15(24)22-13-6-4-12(3)5-7-13/h4-8,10-11H,9H2,1-3H3,(H,22,24). The van der Waals surface area contributed by atoms with Gasteiger partial charge in [-0.3, -0.25) is 4.79 Å².